The van der Waals surface area contributed by atoms with Crippen LogP contribution in [0.2, 0.25) is 0 Å². The van der Waals surface area contributed by atoms with Crippen molar-refractivity contribution in [1.82, 2.24) is 0 Å². The van der Waals surface area contributed by atoms with E-state index in [1.54, 1.807) is 0 Å². The standard InChI is InChI=1S/4C24H16Br.Sn/c4*25-22-15-13-20(14-16-22)24(19-7-2-1-3-8-19)17-21-11-6-10-18-9-4-5-12-23(18)21;/h4*2-17H;. The molecule has 0 amide bonds. The molecule has 0 saturated heterocycles. The molecule has 0 N–H and O–H groups in total. The minimum atomic E-state index is -4.71. The normalized spacial score (nSPS) is 12.9. The van der Waals surface area contributed by atoms with Crippen molar-refractivity contribution in [2.75, 3.05) is 0 Å². The molecule has 0 spiro atoms. The second-order valence-corrected chi connectivity index (χ2v) is 40.1. The van der Waals surface area contributed by atoms with Gasteiger partial charge in [0, 0.05) is 0 Å². The first-order chi connectivity index (χ1) is 49.7. The van der Waals surface area contributed by atoms with Crippen molar-refractivity contribution < 1.29 is 0 Å². The number of fused-ring (bicyclic) bond motifs is 4. The Hall–Kier alpha value is -9.76. The summed E-state index contributed by atoms with van der Waals surface area (Å²) in [6.07, 6.45) is 9.52. The van der Waals surface area contributed by atoms with Gasteiger partial charge in [-0.2, -0.15) is 0 Å². The van der Waals surface area contributed by atoms with Crippen molar-refractivity contribution in [2.24, 2.45) is 0 Å². The van der Waals surface area contributed by atoms with E-state index in [1.807, 2.05) is 0 Å². The SMILES string of the molecule is Brc1ccc(C(=Cc2cccc3ccccc23)c2cc[c]([Sn]([c]3ccc(C(=Cc4cccc5ccccc45)c4ccc(Br)cc4)cc3)([c]3ccc(C(=Cc4cccc5ccccc45)c4ccc(Br)cc4)cc3)[c]3ccc(C(=Cc4cccc5ccccc45)c4ccc(Br)cc4)cc3)cc2)cc1. The van der Waals surface area contributed by atoms with Crippen LogP contribution in [0.1, 0.15) is 66.8 Å². The van der Waals surface area contributed by atoms with E-state index in [4.69, 9.17) is 0 Å². The van der Waals surface area contributed by atoms with E-state index >= 15 is 0 Å². The molecule has 16 rings (SSSR count). The fraction of sp³-hybridized carbons (Fsp3) is 0. The van der Waals surface area contributed by atoms with Crippen LogP contribution in [0.3, 0.4) is 0 Å². The summed E-state index contributed by atoms with van der Waals surface area (Å²) >= 11 is 10.4. The van der Waals surface area contributed by atoms with Crippen LogP contribution in [-0.4, -0.2) is 18.4 Å². The van der Waals surface area contributed by atoms with Gasteiger partial charge in [-0.05, 0) is 0 Å². The van der Waals surface area contributed by atoms with Crippen LogP contribution in [0, 0.1) is 0 Å². The summed E-state index contributed by atoms with van der Waals surface area (Å²) in [6.45, 7) is 0. The molecule has 0 aliphatic carbocycles. The first kappa shape index (κ1) is 65.8. The maximum atomic E-state index is 3.77. The number of rotatable bonds is 16. The summed E-state index contributed by atoms with van der Waals surface area (Å²) in [5, 5.41) is 9.70. The molecule has 0 radical (unpaired) electrons. The third-order valence-electron chi connectivity index (χ3n) is 19.6. The van der Waals surface area contributed by atoms with Gasteiger partial charge in [-0.15, -0.1) is 0 Å². The van der Waals surface area contributed by atoms with E-state index in [0.717, 1.165) is 84.7 Å². The maximum absolute atomic E-state index is 4.71. The Bertz CT molecular complexity index is 5100. The van der Waals surface area contributed by atoms with E-state index < -0.39 is 18.4 Å². The molecule has 0 aliphatic rings. The number of halogens is 4. The Morgan fingerprint density at radius 1 is 0.178 bits per heavy atom. The minimum absolute atomic E-state index is 1.04. The van der Waals surface area contributed by atoms with Crippen molar-refractivity contribution in [3.8, 4) is 0 Å². The molecule has 0 atom stereocenters. The van der Waals surface area contributed by atoms with Crippen LogP contribution in [0.4, 0.5) is 0 Å². The first-order valence-electron chi connectivity index (χ1n) is 33.9. The van der Waals surface area contributed by atoms with Gasteiger partial charge < -0.3 is 0 Å². The summed E-state index contributed by atoms with van der Waals surface area (Å²) in [4.78, 5) is 0. The summed E-state index contributed by atoms with van der Waals surface area (Å²) in [7, 11) is 0. The number of hydrogen-bond donors (Lipinski definition) is 0. The fourth-order valence-electron chi connectivity index (χ4n) is 14.6. The van der Waals surface area contributed by atoms with Gasteiger partial charge in [0.25, 0.3) is 0 Å². The Morgan fingerprint density at radius 3 is 0.545 bits per heavy atom. The molecule has 16 aromatic carbocycles. The first-order valence-corrected chi connectivity index (χ1v) is 42.8. The van der Waals surface area contributed by atoms with Crippen molar-refractivity contribution in [1.29, 1.82) is 0 Å². The monoisotopic (exact) mass is 1650 g/mol. The number of hydrogen-bond acceptors (Lipinski definition) is 0. The Kier molecular flexibility index (Phi) is 19.2. The molecule has 0 aliphatic heterocycles. The molecular weight excluding hydrogens is 1590 g/mol. The topological polar surface area (TPSA) is 0 Å². The van der Waals surface area contributed by atoms with Crippen molar-refractivity contribution in [3.05, 3.63) is 449 Å². The van der Waals surface area contributed by atoms with E-state index in [9.17, 15) is 0 Å². The third kappa shape index (κ3) is 13.7. The molecule has 0 fully saturated rings. The van der Waals surface area contributed by atoms with Crippen LogP contribution < -0.4 is 14.3 Å². The van der Waals surface area contributed by atoms with E-state index in [-0.39, 0.29) is 0 Å². The molecular formula is C96H64Br4Sn. The summed E-state index contributed by atoms with van der Waals surface area (Å²) in [5.41, 5.74) is 18.4. The molecule has 0 heterocycles. The predicted octanol–water partition coefficient (Wildman–Crippen LogP) is 25.1. The average Bonchev–Trinajstić information content (AvgIpc) is 0.727. The number of benzene rings is 16. The average molecular weight is 1660 g/mol. The van der Waals surface area contributed by atoms with Crippen molar-refractivity contribution in [3.63, 3.8) is 0 Å². The Balaban J connectivity index is 0.942. The van der Waals surface area contributed by atoms with E-state index in [0.29, 0.717) is 0 Å². The van der Waals surface area contributed by atoms with Crippen LogP contribution in [0.5, 0.6) is 0 Å². The molecule has 0 aromatic heterocycles. The zero-order valence-corrected chi connectivity index (χ0v) is 64.2. The van der Waals surface area contributed by atoms with Gasteiger partial charge in [-0.25, -0.2) is 0 Å². The van der Waals surface area contributed by atoms with Gasteiger partial charge in [-0.1, -0.05) is 0 Å². The zero-order valence-electron chi connectivity index (χ0n) is 55.0. The van der Waals surface area contributed by atoms with E-state index in [1.165, 1.54) is 79.7 Å². The second-order valence-electron chi connectivity index (χ2n) is 25.6. The zero-order chi connectivity index (χ0) is 68.2. The van der Waals surface area contributed by atoms with Gasteiger partial charge in [0.2, 0.25) is 0 Å². The second kappa shape index (κ2) is 29.4. The Labute approximate surface area is 628 Å². The summed E-state index contributed by atoms with van der Waals surface area (Å²) < 4.78 is 9.47. The van der Waals surface area contributed by atoms with Gasteiger partial charge >= 0.3 is 635 Å². The van der Waals surface area contributed by atoms with Crippen LogP contribution in [-0.2, 0) is 0 Å². The van der Waals surface area contributed by atoms with E-state index in [2.05, 4.69) is 452 Å². The summed E-state index contributed by atoms with van der Waals surface area (Å²) in [5.74, 6) is 0. The molecule has 480 valence electrons. The van der Waals surface area contributed by atoms with Crippen molar-refractivity contribution in [2.45, 2.75) is 0 Å². The molecule has 0 bridgehead atoms. The molecule has 101 heavy (non-hydrogen) atoms. The van der Waals surface area contributed by atoms with Crippen LogP contribution in [0.25, 0.3) is 89.7 Å². The summed E-state index contributed by atoms with van der Waals surface area (Å²) in [6, 6.07) is 135. The van der Waals surface area contributed by atoms with Gasteiger partial charge in [-0.3, -0.25) is 0 Å². The molecule has 0 saturated carbocycles. The molecule has 0 nitrogen and oxygen atoms in total. The molecule has 5 heteroatoms. The van der Waals surface area contributed by atoms with Gasteiger partial charge in [0.05, 0.1) is 0 Å². The Morgan fingerprint density at radius 2 is 0.347 bits per heavy atom. The van der Waals surface area contributed by atoms with Crippen LogP contribution in [0.15, 0.2) is 382 Å². The predicted molar refractivity (Wildman–Crippen MR) is 450 cm³/mol. The van der Waals surface area contributed by atoms with Gasteiger partial charge in [0.15, 0.2) is 0 Å². The molecule has 16 aromatic rings. The third-order valence-corrected chi connectivity index (χ3v) is 35.4. The fourth-order valence-corrected chi connectivity index (χ4v) is 29.0. The molecule has 0 unspecified atom stereocenters. The van der Waals surface area contributed by atoms with Gasteiger partial charge in [0.1, 0.15) is 0 Å². The van der Waals surface area contributed by atoms with Crippen molar-refractivity contribution >= 4 is 186 Å². The van der Waals surface area contributed by atoms with Crippen LogP contribution >= 0.6 is 63.7 Å². The quantitative estimate of drug-likeness (QED) is 0.0668.